The fourth-order valence-electron chi connectivity index (χ4n) is 3.10. The average molecular weight is 524 g/mol. The van der Waals surface area contributed by atoms with Crippen LogP contribution in [-0.4, -0.2) is 88.3 Å². The maximum atomic E-state index is 13.1. The van der Waals surface area contributed by atoms with Crippen molar-refractivity contribution in [2.45, 2.75) is 49.9 Å². The molecule has 204 valence electrons. The molecule has 0 spiro atoms. The number of aliphatic imine (C=N–C) groups is 1. The molecule has 15 nitrogen and oxygen atoms in total. The fraction of sp³-hybridized carbons (Fsp3) is 0.455. The summed E-state index contributed by atoms with van der Waals surface area (Å²) in [4.78, 5) is 64.4. The van der Waals surface area contributed by atoms with Gasteiger partial charge in [0.1, 0.15) is 18.1 Å². The molecule has 3 amide bonds. The van der Waals surface area contributed by atoms with Gasteiger partial charge >= 0.3 is 11.9 Å². The van der Waals surface area contributed by atoms with E-state index in [0.717, 1.165) is 0 Å². The van der Waals surface area contributed by atoms with E-state index < -0.39 is 66.9 Å². The lowest BCUT2D eigenvalue weighted by molar-refractivity contribution is -0.144. The lowest BCUT2D eigenvalue weighted by Crippen LogP contribution is -2.58. The number of guanidine groups is 1. The predicted octanol–water partition coefficient (Wildman–Crippen LogP) is -3.38. The number of carbonyl (C=O) groups is 5. The zero-order valence-corrected chi connectivity index (χ0v) is 20.0. The Morgan fingerprint density at radius 1 is 0.865 bits per heavy atom. The second-order valence-electron chi connectivity index (χ2n) is 8.05. The number of nitrogens with one attached hydrogen (secondary N) is 3. The zero-order valence-electron chi connectivity index (χ0n) is 20.0. The second kappa shape index (κ2) is 15.7. The maximum Gasteiger partial charge on any atom is 0.328 e. The van der Waals surface area contributed by atoms with E-state index in [1.54, 1.807) is 30.3 Å². The van der Waals surface area contributed by atoms with Gasteiger partial charge in [0.2, 0.25) is 17.7 Å². The van der Waals surface area contributed by atoms with Crippen molar-refractivity contribution < 1.29 is 39.3 Å². The number of aliphatic hydroxyl groups is 1. The van der Waals surface area contributed by atoms with Crippen molar-refractivity contribution >= 4 is 35.6 Å². The second-order valence-corrected chi connectivity index (χ2v) is 8.05. The van der Waals surface area contributed by atoms with E-state index in [-0.39, 0.29) is 25.3 Å². The van der Waals surface area contributed by atoms with E-state index in [9.17, 15) is 24.0 Å². The first kappa shape index (κ1) is 30.8. The van der Waals surface area contributed by atoms with Gasteiger partial charge in [-0.25, -0.2) is 4.79 Å². The van der Waals surface area contributed by atoms with Crippen LogP contribution in [0.1, 0.15) is 24.8 Å². The number of nitrogens with two attached hydrogens (primary N) is 3. The molecular weight excluding hydrogens is 490 g/mol. The SMILES string of the molecule is NC(N)=NCCC[C@H](N)C(=O)N[C@H](Cc1ccccc1)C(=O)N[C@H](CC(=O)O)C(=O)N[C@@H](CO)C(=O)O. The topological polar surface area (TPSA) is 273 Å². The van der Waals surface area contributed by atoms with Crippen LogP contribution in [0, 0.1) is 0 Å². The van der Waals surface area contributed by atoms with Gasteiger partial charge in [-0.05, 0) is 18.4 Å². The number of hydrogen-bond acceptors (Lipinski definition) is 8. The quantitative estimate of drug-likeness (QED) is 0.0585. The number of aliphatic hydroxyl groups excluding tert-OH is 1. The Kier molecular flexibility index (Phi) is 13.1. The van der Waals surface area contributed by atoms with E-state index in [0.29, 0.717) is 12.0 Å². The normalized spacial score (nSPS) is 13.8. The lowest BCUT2D eigenvalue weighted by Gasteiger charge is -2.24. The third-order valence-electron chi connectivity index (χ3n) is 5.03. The summed E-state index contributed by atoms with van der Waals surface area (Å²) in [6, 6.07) is 2.89. The number of carbonyl (C=O) groups excluding carboxylic acids is 3. The number of rotatable bonds is 16. The summed E-state index contributed by atoms with van der Waals surface area (Å²) in [6.45, 7) is -0.711. The van der Waals surface area contributed by atoms with Gasteiger partial charge in [-0.15, -0.1) is 0 Å². The van der Waals surface area contributed by atoms with Gasteiger partial charge in [-0.1, -0.05) is 30.3 Å². The highest BCUT2D eigenvalue weighted by Gasteiger charge is 2.31. The molecule has 1 rings (SSSR count). The van der Waals surface area contributed by atoms with Gasteiger partial charge in [0.25, 0.3) is 0 Å². The molecule has 0 aliphatic heterocycles. The Balaban J connectivity index is 3.02. The van der Waals surface area contributed by atoms with E-state index >= 15 is 0 Å². The largest absolute Gasteiger partial charge is 0.481 e. The van der Waals surface area contributed by atoms with Gasteiger partial charge in [0, 0.05) is 13.0 Å². The summed E-state index contributed by atoms with van der Waals surface area (Å²) in [6.07, 6.45) is -0.316. The van der Waals surface area contributed by atoms with Crippen LogP contribution in [-0.2, 0) is 30.4 Å². The van der Waals surface area contributed by atoms with Crippen LogP contribution in [0.3, 0.4) is 0 Å². The van der Waals surface area contributed by atoms with Crippen LogP contribution in [0.25, 0.3) is 0 Å². The summed E-state index contributed by atoms with van der Waals surface area (Å²) in [5.74, 6) is -5.83. The number of amides is 3. The van der Waals surface area contributed by atoms with Gasteiger partial charge in [0.15, 0.2) is 5.96 Å². The van der Waals surface area contributed by atoms with Crippen LogP contribution in [0.4, 0.5) is 0 Å². The summed E-state index contributed by atoms with van der Waals surface area (Å²) >= 11 is 0. The molecule has 1 aromatic rings. The molecule has 0 bridgehead atoms. The summed E-state index contributed by atoms with van der Waals surface area (Å²) in [7, 11) is 0. The Morgan fingerprint density at radius 2 is 1.43 bits per heavy atom. The molecule has 4 atom stereocenters. The van der Waals surface area contributed by atoms with E-state index in [4.69, 9.17) is 32.5 Å². The van der Waals surface area contributed by atoms with Crippen molar-refractivity contribution in [3.05, 3.63) is 35.9 Å². The van der Waals surface area contributed by atoms with Gasteiger partial charge in [-0.3, -0.25) is 24.2 Å². The monoisotopic (exact) mass is 523 g/mol. The van der Waals surface area contributed by atoms with Crippen molar-refractivity contribution in [3.63, 3.8) is 0 Å². The molecule has 12 N–H and O–H groups in total. The lowest BCUT2D eigenvalue weighted by atomic mass is 10.0. The molecule has 0 aliphatic rings. The number of benzene rings is 1. The Bertz CT molecular complexity index is 969. The van der Waals surface area contributed by atoms with Crippen molar-refractivity contribution in [1.82, 2.24) is 16.0 Å². The smallest absolute Gasteiger partial charge is 0.328 e. The molecule has 0 fully saturated rings. The van der Waals surface area contributed by atoms with Crippen LogP contribution < -0.4 is 33.2 Å². The molecule has 1 aromatic carbocycles. The van der Waals surface area contributed by atoms with Crippen LogP contribution in [0.2, 0.25) is 0 Å². The van der Waals surface area contributed by atoms with Gasteiger partial charge < -0.3 is 48.5 Å². The van der Waals surface area contributed by atoms with Gasteiger partial charge in [0.05, 0.1) is 19.1 Å². The summed E-state index contributed by atoms with van der Waals surface area (Å²) in [5.41, 5.74) is 17.1. The van der Waals surface area contributed by atoms with E-state index in [1.165, 1.54) is 0 Å². The molecule has 0 saturated heterocycles. The highest BCUT2D eigenvalue weighted by Crippen LogP contribution is 2.06. The molecule has 0 aliphatic carbocycles. The first-order valence-electron chi connectivity index (χ1n) is 11.3. The third-order valence-corrected chi connectivity index (χ3v) is 5.03. The minimum absolute atomic E-state index is 0.0189. The minimum Gasteiger partial charge on any atom is -0.481 e. The summed E-state index contributed by atoms with van der Waals surface area (Å²) < 4.78 is 0. The first-order chi connectivity index (χ1) is 17.4. The molecule has 0 unspecified atom stereocenters. The van der Waals surface area contributed by atoms with Crippen molar-refractivity contribution in [3.8, 4) is 0 Å². The molecule has 0 saturated carbocycles. The zero-order chi connectivity index (χ0) is 28.0. The Labute approximate surface area is 212 Å². The van der Waals surface area contributed by atoms with E-state index in [2.05, 4.69) is 15.6 Å². The van der Waals surface area contributed by atoms with Gasteiger partial charge in [-0.2, -0.15) is 0 Å². The molecule has 15 heteroatoms. The molecule has 0 aromatic heterocycles. The number of hydrogen-bond donors (Lipinski definition) is 9. The predicted molar refractivity (Wildman–Crippen MR) is 131 cm³/mol. The van der Waals surface area contributed by atoms with Crippen LogP contribution in [0.15, 0.2) is 35.3 Å². The van der Waals surface area contributed by atoms with Crippen molar-refractivity contribution in [1.29, 1.82) is 0 Å². The third kappa shape index (κ3) is 11.8. The highest BCUT2D eigenvalue weighted by atomic mass is 16.4. The summed E-state index contributed by atoms with van der Waals surface area (Å²) in [5, 5.41) is 34.0. The number of aliphatic carboxylic acids is 2. The molecular formula is C22H33N7O8. The Hall–Kier alpha value is -4.24. The van der Waals surface area contributed by atoms with Crippen molar-refractivity contribution in [2.24, 2.45) is 22.2 Å². The number of carboxylic acid groups (broad SMARTS) is 2. The standard InChI is InChI=1S/C22H33N7O8/c23-13(7-4-8-26-22(24)25)18(33)27-14(9-12-5-2-1-3-6-12)19(34)28-15(10-17(31)32)20(35)29-16(11-30)21(36)37/h1-3,5-6,13-16,30H,4,7-11,23H2,(H,27,33)(H,28,34)(H,29,35)(H,31,32)(H,36,37)(H4,24,25,26)/t13-,14+,15+,16-/m0/s1. The van der Waals surface area contributed by atoms with Crippen LogP contribution in [0.5, 0.6) is 0 Å². The fourth-order valence-corrected chi connectivity index (χ4v) is 3.10. The van der Waals surface area contributed by atoms with E-state index in [1.807, 2.05) is 5.32 Å². The molecule has 37 heavy (non-hydrogen) atoms. The molecule has 0 heterocycles. The number of nitrogens with zero attached hydrogens (tertiary/aromatic N) is 1. The first-order valence-corrected chi connectivity index (χ1v) is 11.3. The Morgan fingerprint density at radius 3 is 1.97 bits per heavy atom. The minimum atomic E-state index is -1.71. The van der Waals surface area contributed by atoms with Crippen LogP contribution >= 0.6 is 0 Å². The highest BCUT2D eigenvalue weighted by molar-refractivity contribution is 5.95. The van der Waals surface area contributed by atoms with Crippen molar-refractivity contribution in [2.75, 3.05) is 13.2 Å². The maximum absolute atomic E-state index is 13.1. The average Bonchev–Trinajstić information content (AvgIpc) is 2.83. The molecule has 0 radical (unpaired) electrons. The number of carboxylic acids is 2.